The number of amides is 2. The van der Waals surface area contributed by atoms with Crippen molar-refractivity contribution in [2.45, 2.75) is 13.3 Å². The van der Waals surface area contributed by atoms with E-state index in [0.29, 0.717) is 18.7 Å². The molecule has 0 saturated carbocycles. The summed E-state index contributed by atoms with van der Waals surface area (Å²) in [4.78, 5) is 29.5. The number of carbonyl (C=O) groups is 2. The lowest BCUT2D eigenvalue weighted by atomic mass is 9.78. The van der Waals surface area contributed by atoms with Gasteiger partial charge in [0.15, 0.2) is 0 Å². The van der Waals surface area contributed by atoms with Gasteiger partial charge in [-0.05, 0) is 29.9 Å². The highest BCUT2D eigenvalue weighted by Gasteiger charge is 2.56. The predicted molar refractivity (Wildman–Crippen MR) is 90.8 cm³/mol. The highest BCUT2D eigenvalue weighted by molar-refractivity contribution is 7.08. The van der Waals surface area contributed by atoms with Crippen LogP contribution in [0.3, 0.4) is 0 Å². The summed E-state index contributed by atoms with van der Waals surface area (Å²) in [5.41, 5.74) is 1.03. The number of hydrogen-bond acceptors (Lipinski definition) is 5. The number of rotatable bonds is 2. The summed E-state index contributed by atoms with van der Waals surface area (Å²) < 4.78 is 0. The fourth-order valence-corrected chi connectivity index (χ4v) is 4.51. The Morgan fingerprint density at radius 3 is 2.96 bits per heavy atom. The van der Waals surface area contributed by atoms with Crippen molar-refractivity contribution >= 4 is 28.8 Å². The molecule has 2 aromatic heterocycles. The molecule has 4 rings (SSSR count). The summed E-state index contributed by atoms with van der Waals surface area (Å²) in [7, 11) is 0. The summed E-state index contributed by atoms with van der Waals surface area (Å²) in [5.74, 6) is 0.222. The van der Waals surface area contributed by atoms with Crippen molar-refractivity contribution in [2.24, 2.45) is 11.3 Å². The first-order chi connectivity index (χ1) is 11.6. The molecule has 7 heteroatoms. The van der Waals surface area contributed by atoms with Gasteiger partial charge in [0, 0.05) is 25.0 Å². The molecule has 2 saturated heterocycles. The number of nitrogens with zero attached hydrogens (tertiary/aromatic N) is 4. The molecular formula is C17H18N4O2S. The third-order valence-corrected chi connectivity index (χ3v) is 5.97. The second-order valence-electron chi connectivity index (χ2n) is 6.56. The third-order valence-electron chi connectivity index (χ3n) is 5.30. The van der Waals surface area contributed by atoms with Crippen molar-refractivity contribution in [3.05, 3.63) is 40.8 Å². The molecule has 24 heavy (non-hydrogen) atoms. The summed E-state index contributed by atoms with van der Waals surface area (Å²) in [6.07, 6.45) is 3.79. The summed E-state index contributed by atoms with van der Waals surface area (Å²) in [6.45, 7) is 3.88. The average Bonchev–Trinajstić information content (AvgIpc) is 3.31. The molecule has 0 aromatic carbocycles. The minimum Gasteiger partial charge on any atom is -0.337 e. The van der Waals surface area contributed by atoms with Gasteiger partial charge in [0.2, 0.25) is 5.91 Å². The first-order valence-electron chi connectivity index (χ1n) is 8.02. The summed E-state index contributed by atoms with van der Waals surface area (Å²) >= 11 is 1.59. The third kappa shape index (κ3) is 2.23. The molecule has 2 aliphatic rings. The number of thiophene rings is 1. The molecule has 2 aromatic rings. The van der Waals surface area contributed by atoms with E-state index < -0.39 is 5.41 Å². The molecule has 2 fully saturated rings. The molecule has 2 atom stereocenters. The maximum absolute atomic E-state index is 13.1. The monoisotopic (exact) mass is 342 g/mol. The van der Waals surface area contributed by atoms with Crippen LogP contribution in [0.4, 0.5) is 5.69 Å². The largest absolute Gasteiger partial charge is 0.337 e. The molecule has 0 N–H and O–H groups in total. The predicted octanol–water partition coefficient (Wildman–Crippen LogP) is 2.05. The lowest BCUT2D eigenvalue weighted by Crippen LogP contribution is -2.40. The van der Waals surface area contributed by atoms with E-state index in [2.05, 4.69) is 17.1 Å². The first kappa shape index (κ1) is 15.3. The zero-order valence-electron chi connectivity index (χ0n) is 13.4. The van der Waals surface area contributed by atoms with Gasteiger partial charge in [0.05, 0.1) is 29.1 Å². The van der Waals surface area contributed by atoms with Gasteiger partial charge in [-0.1, -0.05) is 6.92 Å². The molecule has 0 radical (unpaired) electrons. The number of likely N-dealkylation sites (tertiary alicyclic amines) is 1. The van der Waals surface area contributed by atoms with Crippen LogP contribution in [0.5, 0.6) is 0 Å². The normalized spacial score (nSPS) is 26.5. The molecule has 4 heterocycles. The van der Waals surface area contributed by atoms with E-state index in [-0.39, 0.29) is 17.7 Å². The zero-order valence-corrected chi connectivity index (χ0v) is 14.2. The van der Waals surface area contributed by atoms with Gasteiger partial charge < -0.3 is 9.80 Å². The van der Waals surface area contributed by atoms with Crippen molar-refractivity contribution in [1.82, 2.24) is 15.1 Å². The molecule has 0 bridgehead atoms. The Morgan fingerprint density at radius 1 is 1.38 bits per heavy atom. The Labute approximate surface area is 144 Å². The van der Waals surface area contributed by atoms with Gasteiger partial charge in [-0.3, -0.25) is 9.59 Å². The molecule has 2 aliphatic heterocycles. The van der Waals surface area contributed by atoms with E-state index in [1.807, 2.05) is 21.7 Å². The van der Waals surface area contributed by atoms with E-state index in [1.165, 1.54) is 12.4 Å². The highest BCUT2D eigenvalue weighted by atomic mass is 32.1. The second-order valence-corrected chi connectivity index (χ2v) is 7.34. The van der Waals surface area contributed by atoms with Crippen LogP contribution >= 0.6 is 11.3 Å². The molecule has 1 spiro atoms. The van der Waals surface area contributed by atoms with E-state index >= 15 is 0 Å². The Morgan fingerprint density at radius 2 is 2.25 bits per heavy atom. The fraction of sp³-hybridized carbons (Fsp3) is 0.412. The Kier molecular flexibility index (Phi) is 3.60. The molecular weight excluding hydrogens is 324 g/mol. The molecule has 2 amide bonds. The summed E-state index contributed by atoms with van der Waals surface area (Å²) in [5, 5.41) is 11.5. The van der Waals surface area contributed by atoms with Crippen molar-refractivity contribution in [1.29, 1.82) is 0 Å². The Balaban J connectivity index is 1.57. The average molecular weight is 342 g/mol. The first-order valence-corrected chi connectivity index (χ1v) is 8.96. The topological polar surface area (TPSA) is 66.4 Å². The van der Waals surface area contributed by atoms with E-state index in [0.717, 1.165) is 18.7 Å². The standard InChI is InChI=1S/C17H18N4O2S/c1-12-9-20(15(22)13-2-5-18-19-8-13)11-17(12)4-6-21(16(17)23)14-3-7-24-10-14/h2-3,5,7-8,10,12H,4,6,9,11H2,1H3/t12-,17-/m1/s1. The molecule has 6 nitrogen and oxygen atoms in total. The van der Waals surface area contributed by atoms with Gasteiger partial charge in [0.1, 0.15) is 0 Å². The smallest absolute Gasteiger partial charge is 0.255 e. The Bertz CT molecular complexity index is 764. The molecule has 0 unspecified atom stereocenters. The van der Waals surface area contributed by atoms with Gasteiger partial charge in [0.25, 0.3) is 5.91 Å². The van der Waals surface area contributed by atoms with Crippen molar-refractivity contribution < 1.29 is 9.59 Å². The quantitative estimate of drug-likeness (QED) is 0.838. The van der Waals surface area contributed by atoms with E-state index in [9.17, 15) is 9.59 Å². The summed E-state index contributed by atoms with van der Waals surface area (Å²) in [6, 6.07) is 3.64. The van der Waals surface area contributed by atoms with Gasteiger partial charge in [-0.2, -0.15) is 21.5 Å². The van der Waals surface area contributed by atoms with Gasteiger partial charge in [-0.25, -0.2) is 0 Å². The van der Waals surface area contributed by atoms with Crippen molar-refractivity contribution in [3.8, 4) is 0 Å². The van der Waals surface area contributed by atoms with E-state index in [1.54, 1.807) is 22.3 Å². The van der Waals surface area contributed by atoms with Crippen LogP contribution in [0.1, 0.15) is 23.7 Å². The SMILES string of the molecule is C[C@@H]1CN(C(=O)c2ccnnc2)C[C@]12CCN(c1ccsc1)C2=O. The van der Waals surface area contributed by atoms with Crippen LogP contribution in [0.25, 0.3) is 0 Å². The van der Waals surface area contributed by atoms with E-state index in [4.69, 9.17) is 0 Å². The molecule has 0 aliphatic carbocycles. The lowest BCUT2D eigenvalue weighted by Gasteiger charge is -2.26. The van der Waals surface area contributed by atoms with Gasteiger partial charge in [-0.15, -0.1) is 0 Å². The number of aromatic nitrogens is 2. The van der Waals surface area contributed by atoms with Crippen LogP contribution in [-0.4, -0.2) is 46.5 Å². The lowest BCUT2D eigenvalue weighted by molar-refractivity contribution is -0.126. The fourth-order valence-electron chi connectivity index (χ4n) is 3.87. The van der Waals surface area contributed by atoms with Gasteiger partial charge >= 0.3 is 0 Å². The maximum Gasteiger partial charge on any atom is 0.255 e. The van der Waals surface area contributed by atoms with Crippen molar-refractivity contribution in [2.75, 3.05) is 24.5 Å². The minimum atomic E-state index is -0.460. The van der Waals surface area contributed by atoms with Crippen LogP contribution in [0, 0.1) is 11.3 Å². The maximum atomic E-state index is 13.1. The Hall–Kier alpha value is -2.28. The number of hydrogen-bond donors (Lipinski definition) is 0. The van der Waals surface area contributed by atoms with Crippen LogP contribution in [0.2, 0.25) is 0 Å². The highest BCUT2D eigenvalue weighted by Crippen LogP contribution is 2.46. The number of carbonyl (C=O) groups excluding carboxylic acids is 2. The number of anilines is 1. The molecule has 124 valence electrons. The van der Waals surface area contributed by atoms with Crippen LogP contribution in [-0.2, 0) is 4.79 Å². The minimum absolute atomic E-state index is 0.0737. The van der Waals surface area contributed by atoms with Crippen molar-refractivity contribution in [3.63, 3.8) is 0 Å². The zero-order chi connectivity index (χ0) is 16.7. The van der Waals surface area contributed by atoms with Crippen LogP contribution in [0.15, 0.2) is 35.3 Å². The second kappa shape index (κ2) is 5.66. The van der Waals surface area contributed by atoms with Crippen LogP contribution < -0.4 is 4.90 Å².